The fourth-order valence-corrected chi connectivity index (χ4v) is 2.47. The number of carbonyl (C=O) groups excluding carboxylic acids is 1. The van der Waals surface area contributed by atoms with Gasteiger partial charge in [0.25, 0.3) is 5.91 Å². The Morgan fingerprint density at radius 2 is 1.96 bits per heavy atom. The Morgan fingerprint density at radius 1 is 1.35 bits per heavy atom. The molecule has 0 aromatic heterocycles. The monoisotopic (exact) mass is 385 g/mol. The second-order valence-corrected chi connectivity index (χ2v) is 7.13. The van der Waals surface area contributed by atoms with Gasteiger partial charge < -0.3 is 25.4 Å². The van der Waals surface area contributed by atoms with Gasteiger partial charge in [-0.25, -0.2) is 0 Å². The van der Waals surface area contributed by atoms with E-state index in [2.05, 4.69) is 24.1 Å². The molecule has 3 N–H and O–H groups in total. The van der Waals surface area contributed by atoms with Crippen LogP contribution in [0.5, 0.6) is 5.75 Å². The lowest BCUT2D eigenvalue weighted by molar-refractivity contribution is -0.0578. The molecule has 1 rings (SSSR count). The van der Waals surface area contributed by atoms with Crippen LogP contribution in [0, 0.1) is 0 Å². The van der Waals surface area contributed by atoms with Crippen LogP contribution in [0.15, 0.2) is 12.1 Å². The summed E-state index contributed by atoms with van der Waals surface area (Å²) in [7, 11) is 1.62. The van der Waals surface area contributed by atoms with Crippen molar-refractivity contribution in [2.45, 2.75) is 46.3 Å². The number of halogens is 1. The first-order valence-electron chi connectivity index (χ1n) is 8.97. The van der Waals surface area contributed by atoms with Gasteiger partial charge in [0.2, 0.25) is 0 Å². The van der Waals surface area contributed by atoms with Crippen LogP contribution in [0.1, 0.15) is 45.0 Å². The normalized spacial score (nSPS) is 12.9. The molecule has 0 aliphatic carbocycles. The van der Waals surface area contributed by atoms with Gasteiger partial charge in [-0.05, 0) is 39.9 Å². The van der Waals surface area contributed by atoms with Crippen LogP contribution in [0.2, 0.25) is 5.02 Å². The van der Waals surface area contributed by atoms with Gasteiger partial charge in [-0.3, -0.25) is 4.79 Å². The maximum absolute atomic E-state index is 12.6. The van der Waals surface area contributed by atoms with Crippen molar-refractivity contribution < 1.29 is 14.3 Å². The minimum atomic E-state index is -0.523. The van der Waals surface area contributed by atoms with E-state index in [1.165, 1.54) is 0 Å². The second kappa shape index (κ2) is 10.00. The third-order valence-corrected chi connectivity index (χ3v) is 5.09. The molecule has 0 heterocycles. The first kappa shape index (κ1) is 22.5. The van der Waals surface area contributed by atoms with Crippen molar-refractivity contribution >= 4 is 23.2 Å². The van der Waals surface area contributed by atoms with E-state index in [-0.39, 0.29) is 12.0 Å². The van der Waals surface area contributed by atoms with Gasteiger partial charge in [0.1, 0.15) is 11.9 Å². The predicted molar refractivity (Wildman–Crippen MR) is 107 cm³/mol. The summed E-state index contributed by atoms with van der Waals surface area (Å²) in [5, 5.41) is 3.24. The van der Waals surface area contributed by atoms with Crippen LogP contribution < -0.4 is 15.8 Å². The summed E-state index contributed by atoms with van der Waals surface area (Å²) in [6, 6.07) is 3.13. The Bertz CT molecular complexity index is 604. The van der Waals surface area contributed by atoms with Gasteiger partial charge >= 0.3 is 0 Å². The Balaban J connectivity index is 2.95. The molecule has 0 bridgehead atoms. The summed E-state index contributed by atoms with van der Waals surface area (Å²) in [4.78, 5) is 14.9. The Labute approximate surface area is 162 Å². The molecule has 1 amide bonds. The number of anilines is 1. The molecule has 0 saturated carbocycles. The largest absolute Gasteiger partial charge is 0.487 e. The van der Waals surface area contributed by atoms with E-state index in [0.29, 0.717) is 28.6 Å². The molecular weight excluding hydrogens is 354 g/mol. The van der Waals surface area contributed by atoms with E-state index in [0.717, 1.165) is 19.6 Å². The zero-order chi connectivity index (χ0) is 19.9. The quantitative estimate of drug-likeness (QED) is 0.605. The summed E-state index contributed by atoms with van der Waals surface area (Å²) >= 11 is 6.12. The van der Waals surface area contributed by atoms with Gasteiger partial charge in [0.05, 0.1) is 21.9 Å². The first-order chi connectivity index (χ1) is 12.2. The Hall–Kier alpha value is -1.50. The number of nitrogens with two attached hydrogens (primary N) is 1. The van der Waals surface area contributed by atoms with E-state index >= 15 is 0 Å². The third-order valence-electron chi connectivity index (χ3n) is 4.76. The van der Waals surface area contributed by atoms with Crippen LogP contribution >= 0.6 is 11.6 Å². The van der Waals surface area contributed by atoms with Gasteiger partial charge in [-0.2, -0.15) is 0 Å². The van der Waals surface area contributed by atoms with Gasteiger partial charge in [-0.1, -0.05) is 25.4 Å². The molecule has 7 heteroatoms. The molecule has 0 saturated heterocycles. The zero-order valence-corrected chi connectivity index (χ0v) is 17.4. The first-order valence-corrected chi connectivity index (χ1v) is 9.35. The molecule has 0 spiro atoms. The standard InChI is InChI=1S/C19H32ClN3O3/c1-7-23(8-2)10-9-22-18(24)14-11-15(20)16(21)12-17(14)26-13(3)19(4,5)25-6/h11-13H,7-10,21H2,1-6H3,(H,22,24). The molecule has 0 radical (unpaired) electrons. The average Bonchev–Trinajstić information content (AvgIpc) is 2.61. The lowest BCUT2D eigenvalue weighted by Crippen LogP contribution is -2.40. The van der Waals surface area contributed by atoms with Crippen LogP contribution in [0.3, 0.4) is 0 Å². The number of benzene rings is 1. The summed E-state index contributed by atoms with van der Waals surface area (Å²) in [6.07, 6.45) is -0.296. The number of amides is 1. The average molecular weight is 386 g/mol. The fraction of sp³-hybridized carbons (Fsp3) is 0.632. The zero-order valence-electron chi connectivity index (χ0n) is 16.7. The van der Waals surface area contributed by atoms with Crippen molar-refractivity contribution in [3.8, 4) is 5.75 Å². The number of ether oxygens (including phenoxy) is 2. The van der Waals surface area contributed by atoms with Crippen molar-refractivity contribution in [1.82, 2.24) is 10.2 Å². The van der Waals surface area contributed by atoms with Crippen molar-refractivity contribution in [2.24, 2.45) is 0 Å². The molecule has 1 atom stereocenters. The Morgan fingerprint density at radius 3 is 2.50 bits per heavy atom. The molecule has 0 aliphatic heterocycles. The maximum Gasteiger partial charge on any atom is 0.255 e. The summed E-state index contributed by atoms with van der Waals surface area (Å²) in [5.41, 5.74) is 6.11. The van der Waals surface area contributed by atoms with E-state index in [1.54, 1.807) is 19.2 Å². The summed E-state index contributed by atoms with van der Waals surface area (Å²) < 4.78 is 11.4. The predicted octanol–water partition coefficient (Wildman–Crippen LogP) is 3.19. The molecule has 0 fully saturated rings. The third kappa shape index (κ3) is 6.04. The number of rotatable bonds is 10. The fourth-order valence-electron chi connectivity index (χ4n) is 2.30. The van der Waals surface area contributed by atoms with E-state index < -0.39 is 5.60 Å². The number of hydrogen-bond donors (Lipinski definition) is 2. The SMILES string of the molecule is CCN(CC)CCNC(=O)c1cc(Cl)c(N)cc1OC(C)C(C)(C)OC. The molecule has 6 nitrogen and oxygen atoms in total. The molecule has 148 valence electrons. The topological polar surface area (TPSA) is 76.8 Å². The minimum absolute atomic E-state index is 0.239. The molecule has 1 aromatic rings. The van der Waals surface area contributed by atoms with Gasteiger partial charge in [-0.15, -0.1) is 0 Å². The van der Waals surface area contributed by atoms with Crippen molar-refractivity contribution in [2.75, 3.05) is 39.0 Å². The van der Waals surface area contributed by atoms with E-state index in [9.17, 15) is 4.79 Å². The summed E-state index contributed by atoms with van der Waals surface area (Å²) in [6.45, 7) is 13.1. The number of methoxy groups -OCH3 is 1. The number of carbonyl (C=O) groups is 1. The highest BCUT2D eigenvalue weighted by molar-refractivity contribution is 6.33. The van der Waals surface area contributed by atoms with Gasteiger partial charge in [0.15, 0.2) is 0 Å². The second-order valence-electron chi connectivity index (χ2n) is 6.72. The number of nitrogen functional groups attached to an aromatic ring is 1. The number of nitrogens with one attached hydrogen (secondary N) is 1. The smallest absolute Gasteiger partial charge is 0.255 e. The highest BCUT2D eigenvalue weighted by atomic mass is 35.5. The molecular formula is C19H32ClN3O3. The summed E-state index contributed by atoms with van der Waals surface area (Å²) in [5.74, 6) is 0.154. The number of hydrogen-bond acceptors (Lipinski definition) is 5. The van der Waals surface area contributed by atoms with Crippen LogP contribution in [0.25, 0.3) is 0 Å². The lowest BCUT2D eigenvalue weighted by atomic mass is 10.0. The minimum Gasteiger partial charge on any atom is -0.487 e. The van der Waals surface area contributed by atoms with Crippen molar-refractivity contribution in [3.05, 3.63) is 22.7 Å². The number of nitrogens with zero attached hydrogens (tertiary/aromatic N) is 1. The maximum atomic E-state index is 12.6. The van der Waals surface area contributed by atoms with Crippen LogP contribution in [0.4, 0.5) is 5.69 Å². The van der Waals surface area contributed by atoms with Crippen molar-refractivity contribution in [3.63, 3.8) is 0 Å². The van der Waals surface area contributed by atoms with Crippen LogP contribution in [-0.4, -0.2) is 55.8 Å². The van der Waals surface area contributed by atoms with Crippen LogP contribution in [-0.2, 0) is 4.74 Å². The molecule has 1 aromatic carbocycles. The van der Waals surface area contributed by atoms with E-state index in [4.69, 9.17) is 26.8 Å². The Kier molecular flexibility index (Phi) is 8.67. The number of likely N-dealkylation sites (N-methyl/N-ethyl adjacent to an activating group) is 1. The lowest BCUT2D eigenvalue weighted by Gasteiger charge is -2.31. The van der Waals surface area contributed by atoms with Gasteiger partial charge in [0, 0.05) is 26.3 Å². The highest BCUT2D eigenvalue weighted by Crippen LogP contribution is 2.31. The van der Waals surface area contributed by atoms with Crippen molar-refractivity contribution in [1.29, 1.82) is 0 Å². The molecule has 26 heavy (non-hydrogen) atoms. The molecule has 1 unspecified atom stereocenters. The highest BCUT2D eigenvalue weighted by Gasteiger charge is 2.28. The molecule has 0 aliphatic rings. The van der Waals surface area contributed by atoms with E-state index in [1.807, 2.05) is 20.8 Å².